The predicted octanol–water partition coefficient (Wildman–Crippen LogP) is -3.10. The first-order valence-electron chi connectivity index (χ1n) is 5.88. The number of unbranched alkanes of at least 4 members (excludes halogenated alkanes) is 1. The minimum Gasteiger partial charge on any atom is -0.550 e. The van der Waals surface area contributed by atoms with Gasteiger partial charge >= 0.3 is 35.5 Å². The normalized spacial score (nSPS) is 13.2. The van der Waals surface area contributed by atoms with Gasteiger partial charge in [-0.1, -0.05) is 13.3 Å². The molecule has 0 saturated carbocycles. The van der Waals surface area contributed by atoms with E-state index in [1.165, 1.54) is 0 Å². The molecule has 0 spiro atoms. The number of carboxylic acids is 1. The largest absolute Gasteiger partial charge is 1.00 e. The van der Waals surface area contributed by atoms with E-state index in [1.54, 1.807) is 13.8 Å². The number of esters is 1. The van der Waals surface area contributed by atoms with Crippen LogP contribution in [0.2, 0.25) is 0 Å². The van der Waals surface area contributed by atoms with Crippen LogP contribution in [0, 0.1) is 0 Å². The Balaban J connectivity index is 0. The van der Waals surface area contributed by atoms with Crippen LogP contribution in [-0.4, -0.2) is 35.8 Å². The summed E-state index contributed by atoms with van der Waals surface area (Å²) in [5, 5.41) is 8.25. The molecule has 0 saturated heterocycles. The van der Waals surface area contributed by atoms with Gasteiger partial charge in [0, 0.05) is 12.4 Å². The fourth-order valence-corrected chi connectivity index (χ4v) is 2.09. The third-order valence-electron chi connectivity index (χ3n) is 2.48. The number of rotatable bonds is 8. The molecule has 0 fully saturated rings. The molecule has 0 amide bonds. The average molecular weight is 318 g/mol. The first-order valence-corrected chi connectivity index (χ1v) is 7.39. The van der Waals surface area contributed by atoms with E-state index in [0.29, 0.717) is 6.42 Å². The molecule has 1 N–H and O–H groups in total. The van der Waals surface area contributed by atoms with Crippen LogP contribution in [0.3, 0.4) is 0 Å². The molecule has 112 valence electrons. The Kier molecular flexibility index (Phi) is 9.95. The Morgan fingerprint density at radius 3 is 2.20 bits per heavy atom. The minimum absolute atomic E-state index is 0. The summed E-state index contributed by atoms with van der Waals surface area (Å²) in [5.41, 5.74) is -0.929. The number of ether oxygens (including phenoxy) is 1. The second-order valence-corrected chi connectivity index (χ2v) is 6.46. The van der Waals surface area contributed by atoms with Crippen LogP contribution in [-0.2, 0) is 24.4 Å². The molecule has 0 aliphatic carbocycles. The van der Waals surface area contributed by atoms with Gasteiger partial charge in [0.2, 0.25) is 0 Å². The van der Waals surface area contributed by atoms with Gasteiger partial charge in [0.25, 0.3) is 10.1 Å². The van der Waals surface area contributed by atoms with Crippen molar-refractivity contribution in [3.8, 4) is 0 Å². The average Bonchev–Trinajstić information content (AvgIpc) is 2.20. The van der Waals surface area contributed by atoms with Crippen molar-refractivity contribution in [2.75, 3.05) is 0 Å². The molecule has 0 aromatic rings. The first kappa shape index (κ1) is 22.1. The van der Waals surface area contributed by atoms with Crippen LogP contribution in [0.1, 0.15) is 46.5 Å². The fraction of sp³-hybridized carbons (Fsp3) is 0.818. The Bertz CT molecular complexity index is 430. The van der Waals surface area contributed by atoms with Crippen LogP contribution < -0.4 is 34.7 Å². The zero-order valence-electron chi connectivity index (χ0n) is 12.2. The van der Waals surface area contributed by atoms with Crippen molar-refractivity contribution in [1.82, 2.24) is 0 Å². The molecule has 1 atom stereocenters. The van der Waals surface area contributed by atoms with E-state index in [4.69, 9.17) is 9.29 Å². The van der Waals surface area contributed by atoms with Crippen LogP contribution in [0.4, 0.5) is 0 Å². The first-order chi connectivity index (χ1) is 8.49. The number of hydrogen-bond acceptors (Lipinski definition) is 6. The van der Waals surface area contributed by atoms with Crippen LogP contribution in [0.5, 0.6) is 0 Å². The molecule has 0 heterocycles. The number of aliphatic carboxylic acids is 1. The third kappa shape index (κ3) is 8.91. The summed E-state index contributed by atoms with van der Waals surface area (Å²) in [6.07, 6.45) is 0.985. The van der Waals surface area contributed by atoms with E-state index < -0.39 is 39.3 Å². The second kappa shape index (κ2) is 8.99. The summed E-state index contributed by atoms with van der Waals surface area (Å²) >= 11 is 0. The molecule has 0 aromatic heterocycles. The summed E-state index contributed by atoms with van der Waals surface area (Å²) in [5.74, 6) is -3.04. The molecular weight excluding hydrogens is 299 g/mol. The molecule has 1 unspecified atom stereocenters. The monoisotopic (exact) mass is 318 g/mol. The van der Waals surface area contributed by atoms with Crippen LogP contribution in [0.25, 0.3) is 0 Å². The van der Waals surface area contributed by atoms with Crippen molar-refractivity contribution in [3.05, 3.63) is 0 Å². The molecular formula is C11H19NaO7S. The van der Waals surface area contributed by atoms with Gasteiger partial charge in [0.15, 0.2) is 5.25 Å². The maximum absolute atomic E-state index is 11.7. The molecule has 0 aliphatic rings. The van der Waals surface area contributed by atoms with E-state index in [1.807, 2.05) is 6.92 Å². The quantitative estimate of drug-likeness (QED) is 0.286. The Morgan fingerprint density at radius 2 is 1.85 bits per heavy atom. The zero-order valence-corrected chi connectivity index (χ0v) is 15.0. The van der Waals surface area contributed by atoms with E-state index in [9.17, 15) is 23.1 Å². The van der Waals surface area contributed by atoms with E-state index in [2.05, 4.69) is 0 Å². The van der Waals surface area contributed by atoms with Gasteiger partial charge in [-0.05, 0) is 26.7 Å². The van der Waals surface area contributed by atoms with E-state index in [-0.39, 0.29) is 29.6 Å². The second-order valence-electron chi connectivity index (χ2n) is 4.86. The maximum atomic E-state index is 11.7. The number of carbonyl (C=O) groups is 2. The van der Waals surface area contributed by atoms with Gasteiger partial charge in [-0.2, -0.15) is 8.42 Å². The number of hydrogen-bond donors (Lipinski definition) is 1. The SMILES string of the molecule is CCCCC(C)(C)OC(=O)C(CC(=O)[O-])S(=O)(=O)O.[Na+]. The van der Waals surface area contributed by atoms with E-state index in [0.717, 1.165) is 12.8 Å². The van der Waals surface area contributed by atoms with Gasteiger partial charge in [-0.15, -0.1) is 0 Å². The van der Waals surface area contributed by atoms with Gasteiger partial charge in [0.05, 0.1) is 0 Å². The molecule has 20 heavy (non-hydrogen) atoms. The van der Waals surface area contributed by atoms with Crippen molar-refractivity contribution in [3.63, 3.8) is 0 Å². The Labute approximate surface area is 141 Å². The Morgan fingerprint density at radius 1 is 1.35 bits per heavy atom. The van der Waals surface area contributed by atoms with Crippen molar-refractivity contribution in [1.29, 1.82) is 0 Å². The van der Waals surface area contributed by atoms with Crippen molar-refractivity contribution in [2.24, 2.45) is 0 Å². The van der Waals surface area contributed by atoms with Gasteiger partial charge in [-0.3, -0.25) is 9.35 Å². The topological polar surface area (TPSA) is 121 Å². The molecule has 9 heteroatoms. The zero-order chi connectivity index (χ0) is 15.3. The third-order valence-corrected chi connectivity index (χ3v) is 3.56. The maximum Gasteiger partial charge on any atom is 1.00 e. The van der Waals surface area contributed by atoms with Gasteiger partial charge < -0.3 is 14.6 Å². The fourth-order valence-electron chi connectivity index (χ4n) is 1.45. The van der Waals surface area contributed by atoms with Crippen LogP contribution >= 0.6 is 0 Å². The van der Waals surface area contributed by atoms with Crippen molar-refractivity contribution < 1.29 is 62.0 Å². The summed E-state index contributed by atoms with van der Waals surface area (Å²) in [6, 6.07) is 0. The molecule has 0 bridgehead atoms. The molecule has 0 radical (unpaired) electrons. The van der Waals surface area contributed by atoms with Gasteiger partial charge in [0.1, 0.15) is 5.60 Å². The van der Waals surface area contributed by atoms with Crippen molar-refractivity contribution in [2.45, 2.75) is 57.3 Å². The summed E-state index contributed by atoms with van der Waals surface area (Å²) in [6.45, 7) is 5.11. The summed E-state index contributed by atoms with van der Waals surface area (Å²) in [4.78, 5) is 22.1. The number of carboxylic acid groups (broad SMARTS) is 1. The molecule has 0 rings (SSSR count). The minimum atomic E-state index is -4.85. The van der Waals surface area contributed by atoms with Gasteiger partial charge in [-0.25, -0.2) is 0 Å². The summed E-state index contributed by atoms with van der Waals surface area (Å²) in [7, 11) is -4.85. The smallest absolute Gasteiger partial charge is 0.550 e. The molecule has 0 aromatic carbocycles. The standard InChI is InChI=1S/C11H20O7S.Na/c1-4-5-6-11(2,3)18-10(14)8(7-9(12)13)19(15,16)17;/h8H,4-7H2,1-3H3,(H,12,13)(H,15,16,17);/q;+1/p-1. The number of carbonyl (C=O) groups excluding carboxylic acids is 2. The van der Waals surface area contributed by atoms with Crippen LogP contribution in [0.15, 0.2) is 0 Å². The predicted molar refractivity (Wildman–Crippen MR) is 64.7 cm³/mol. The molecule has 7 nitrogen and oxygen atoms in total. The summed E-state index contributed by atoms with van der Waals surface area (Å²) < 4.78 is 35.8. The Hall–Kier alpha value is -0.150. The van der Waals surface area contributed by atoms with E-state index >= 15 is 0 Å². The van der Waals surface area contributed by atoms with Crippen molar-refractivity contribution >= 4 is 22.1 Å². The molecule has 0 aliphatic heterocycles.